The second-order valence-electron chi connectivity index (χ2n) is 11.7. The largest absolute Gasteiger partial charge is 0.497 e. The van der Waals surface area contributed by atoms with Gasteiger partial charge in [-0.15, -0.1) is 0 Å². The van der Waals surface area contributed by atoms with Crippen molar-refractivity contribution in [2.45, 2.75) is 62.9 Å². The third kappa shape index (κ3) is 11.2. The van der Waals surface area contributed by atoms with Crippen molar-refractivity contribution in [3.63, 3.8) is 0 Å². The highest BCUT2D eigenvalue weighted by atomic mass is 32.2. The number of carboxylic acids is 1. The Labute approximate surface area is 280 Å². The number of carboxylic acid groups (broad SMARTS) is 1. The molecule has 3 aromatic carbocycles. The lowest BCUT2D eigenvalue weighted by molar-refractivity contribution is -0.384. The number of benzene rings is 3. The Balaban J connectivity index is 1.64. The normalized spacial score (nSPS) is 12.7. The Morgan fingerprint density at radius 2 is 1.58 bits per heavy atom. The minimum atomic E-state index is -4.30. The average molecular weight is 683 g/mol. The van der Waals surface area contributed by atoms with E-state index >= 15 is 0 Å². The van der Waals surface area contributed by atoms with Crippen LogP contribution in [0.2, 0.25) is 0 Å². The number of rotatable bonds is 19. The van der Waals surface area contributed by atoms with Crippen LogP contribution in [0.4, 0.5) is 5.69 Å². The summed E-state index contributed by atoms with van der Waals surface area (Å²) in [7, 11) is -2.75. The van der Waals surface area contributed by atoms with Gasteiger partial charge < -0.3 is 20.5 Å². The van der Waals surface area contributed by atoms with Gasteiger partial charge in [-0.05, 0) is 60.6 Å². The van der Waals surface area contributed by atoms with Crippen LogP contribution >= 0.6 is 0 Å². The fraction of sp³-hybridized carbons (Fsp3) is 0.382. The lowest BCUT2D eigenvalue weighted by Crippen LogP contribution is -2.48. The van der Waals surface area contributed by atoms with E-state index < -0.39 is 38.9 Å². The van der Waals surface area contributed by atoms with Crippen molar-refractivity contribution < 1.29 is 37.6 Å². The molecule has 0 radical (unpaired) electrons. The van der Waals surface area contributed by atoms with Gasteiger partial charge in [-0.2, -0.15) is 4.31 Å². The molecule has 0 aliphatic carbocycles. The molecule has 48 heavy (non-hydrogen) atoms. The van der Waals surface area contributed by atoms with Gasteiger partial charge >= 0.3 is 5.97 Å². The van der Waals surface area contributed by atoms with Crippen LogP contribution in [0.15, 0.2) is 83.8 Å². The van der Waals surface area contributed by atoms with Gasteiger partial charge in [0.25, 0.3) is 5.69 Å². The smallest absolute Gasteiger partial charge is 0.322 e. The molecule has 0 aliphatic rings. The maximum atomic E-state index is 13.5. The molecule has 0 unspecified atom stereocenters. The predicted molar refractivity (Wildman–Crippen MR) is 179 cm³/mol. The molecule has 0 saturated carbocycles. The van der Waals surface area contributed by atoms with E-state index in [0.29, 0.717) is 12.2 Å². The lowest BCUT2D eigenvalue weighted by Gasteiger charge is -2.29. The maximum Gasteiger partial charge on any atom is 0.322 e. The molecule has 3 N–H and O–H groups in total. The first-order valence-corrected chi connectivity index (χ1v) is 17.0. The molecule has 0 saturated heterocycles. The summed E-state index contributed by atoms with van der Waals surface area (Å²) in [5, 5.41) is 26.7. The summed E-state index contributed by atoms with van der Waals surface area (Å²) >= 11 is 0. The van der Waals surface area contributed by atoms with Gasteiger partial charge in [-0.3, -0.25) is 24.5 Å². The maximum absolute atomic E-state index is 13.5. The molecule has 2 amide bonds. The van der Waals surface area contributed by atoms with Gasteiger partial charge in [0.15, 0.2) is 0 Å². The molecule has 2 atom stereocenters. The molecule has 3 rings (SSSR count). The number of hydrogen-bond donors (Lipinski definition) is 3. The van der Waals surface area contributed by atoms with Crippen LogP contribution in [0.3, 0.4) is 0 Å². The highest BCUT2D eigenvalue weighted by molar-refractivity contribution is 7.89. The summed E-state index contributed by atoms with van der Waals surface area (Å²) < 4.78 is 33.1. The fourth-order valence-electron chi connectivity index (χ4n) is 5.05. The molecule has 0 heterocycles. The third-order valence-corrected chi connectivity index (χ3v) is 9.38. The number of unbranched alkanes of at least 4 members (excludes halogenated alkanes) is 1. The zero-order chi connectivity index (χ0) is 35.3. The van der Waals surface area contributed by atoms with Crippen LogP contribution in [-0.2, 0) is 37.2 Å². The molecule has 0 fully saturated rings. The van der Waals surface area contributed by atoms with Crippen LogP contribution < -0.4 is 15.4 Å². The Kier molecular flexibility index (Phi) is 14.1. The predicted octanol–water partition coefficient (Wildman–Crippen LogP) is 3.96. The van der Waals surface area contributed by atoms with E-state index in [1.54, 1.807) is 45.2 Å². The second kappa shape index (κ2) is 17.9. The van der Waals surface area contributed by atoms with Crippen molar-refractivity contribution in [3.05, 3.63) is 100 Å². The number of methoxy groups -OCH3 is 1. The van der Waals surface area contributed by atoms with E-state index in [-0.39, 0.29) is 61.2 Å². The summed E-state index contributed by atoms with van der Waals surface area (Å²) in [6.45, 7) is 3.61. The number of carbonyl (C=O) groups is 3. The summed E-state index contributed by atoms with van der Waals surface area (Å²) in [5.41, 5.74) is 1.32. The number of nitro groups is 1. The number of nitro benzene ring substituents is 1. The van der Waals surface area contributed by atoms with Crippen molar-refractivity contribution in [2.24, 2.45) is 5.92 Å². The first-order chi connectivity index (χ1) is 22.8. The van der Waals surface area contributed by atoms with E-state index in [9.17, 15) is 38.0 Å². The number of aliphatic carboxylic acids is 1. The van der Waals surface area contributed by atoms with Crippen LogP contribution in [0.5, 0.6) is 5.75 Å². The molecular formula is C34H42N4O9S. The number of sulfonamides is 1. The van der Waals surface area contributed by atoms with Crippen molar-refractivity contribution in [2.75, 3.05) is 20.2 Å². The Bertz CT molecular complexity index is 1630. The number of nitrogens with one attached hydrogen (secondary N) is 2. The standard InChI is InChI=1S/C34H42N4O9S/c1-24(2)23-37(48(45,46)29-18-14-27(15-19-29)38(43)44)31(34(41)42)11-7-8-20-35-33(40)30(21-25-9-5-4-6-10-25)36-32(39)22-26-12-16-28(47-3)17-13-26/h4-6,9-10,12-19,24,30-31H,7-8,11,20-23H2,1-3H3,(H,35,40)(H,36,39)(H,41,42)/t30-,31-/m0/s1. The minimum absolute atomic E-state index is 0.0316. The molecule has 0 spiro atoms. The van der Waals surface area contributed by atoms with E-state index in [1.165, 1.54) is 0 Å². The third-order valence-electron chi connectivity index (χ3n) is 7.49. The van der Waals surface area contributed by atoms with Crippen molar-refractivity contribution in [3.8, 4) is 5.75 Å². The monoisotopic (exact) mass is 682 g/mol. The summed E-state index contributed by atoms with van der Waals surface area (Å²) in [5.74, 6) is -1.61. The van der Waals surface area contributed by atoms with Gasteiger partial charge in [0.05, 0.1) is 23.3 Å². The summed E-state index contributed by atoms with van der Waals surface area (Å²) in [6.07, 6.45) is 0.910. The topological polar surface area (TPSA) is 185 Å². The van der Waals surface area contributed by atoms with Gasteiger partial charge in [-0.1, -0.05) is 56.3 Å². The molecule has 258 valence electrons. The first kappa shape index (κ1) is 37.6. The number of nitrogens with zero attached hydrogens (tertiary/aromatic N) is 2. The van der Waals surface area contributed by atoms with Gasteiger partial charge in [-0.25, -0.2) is 8.42 Å². The van der Waals surface area contributed by atoms with Crippen LogP contribution in [-0.4, -0.2) is 72.8 Å². The van der Waals surface area contributed by atoms with Crippen molar-refractivity contribution in [1.82, 2.24) is 14.9 Å². The number of ether oxygens (including phenoxy) is 1. The number of hydrogen-bond acceptors (Lipinski definition) is 8. The second-order valence-corrected chi connectivity index (χ2v) is 13.6. The minimum Gasteiger partial charge on any atom is -0.497 e. The Morgan fingerprint density at radius 3 is 2.15 bits per heavy atom. The number of carbonyl (C=O) groups excluding carboxylic acids is 2. The highest BCUT2D eigenvalue weighted by Crippen LogP contribution is 2.25. The van der Waals surface area contributed by atoms with Crippen molar-refractivity contribution >= 4 is 33.5 Å². The fourth-order valence-corrected chi connectivity index (χ4v) is 6.83. The van der Waals surface area contributed by atoms with E-state index in [4.69, 9.17) is 4.74 Å². The summed E-state index contributed by atoms with van der Waals surface area (Å²) in [6, 6.07) is 18.3. The zero-order valence-electron chi connectivity index (χ0n) is 27.2. The molecular weight excluding hydrogens is 640 g/mol. The quantitative estimate of drug-likeness (QED) is 0.0956. The van der Waals surface area contributed by atoms with Gasteiger partial charge in [0.1, 0.15) is 17.8 Å². The SMILES string of the molecule is COc1ccc(CC(=O)N[C@@H](Cc2ccccc2)C(=O)NCCCC[C@@H](C(=O)O)N(CC(C)C)S(=O)(=O)c2ccc([N+](=O)[O-])cc2)cc1. The Morgan fingerprint density at radius 1 is 0.938 bits per heavy atom. The van der Waals surface area contributed by atoms with E-state index in [2.05, 4.69) is 10.6 Å². The van der Waals surface area contributed by atoms with E-state index in [0.717, 1.165) is 39.7 Å². The van der Waals surface area contributed by atoms with Gasteiger partial charge in [0, 0.05) is 31.6 Å². The highest BCUT2D eigenvalue weighted by Gasteiger charge is 2.36. The number of non-ortho nitro benzene ring substituents is 1. The number of amides is 2. The molecule has 0 aliphatic heterocycles. The Hall–Kier alpha value is -4.82. The van der Waals surface area contributed by atoms with E-state index in [1.807, 2.05) is 30.3 Å². The van der Waals surface area contributed by atoms with Crippen LogP contribution in [0, 0.1) is 16.0 Å². The van der Waals surface area contributed by atoms with Crippen LogP contribution in [0.25, 0.3) is 0 Å². The lowest BCUT2D eigenvalue weighted by atomic mass is 10.0. The van der Waals surface area contributed by atoms with Crippen molar-refractivity contribution in [1.29, 1.82) is 0 Å². The molecule has 0 aromatic heterocycles. The first-order valence-electron chi connectivity index (χ1n) is 15.5. The zero-order valence-corrected chi connectivity index (χ0v) is 28.0. The molecule has 14 heteroatoms. The average Bonchev–Trinajstić information content (AvgIpc) is 3.05. The molecule has 13 nitrogen and oxygen atoms in total. The van der Waals surface area contributed by atoms with Gasteiger partial charge in [0.2, 0.25) is 21.8 Å². The summed E-state index contributed by atoms with van der Waals surface area (Å²) in [4.78, 5) is 48.6. The molecule has 0 bridgehead atoms. The molecule has 3 aromatic rings. The van der Waals surface area contributed by atoms with Crippen LogP contribution in [0.1, 0.15) is 44.2 Å².